The van der Waals surface area contributed by atoms with Crippen LogP contribution in [0.5, 0.6) is 5.75 Å². The molecule has 0 bridgehead atoms. The van der Waals surface area contributed by atoms with Gasteiger partial charge in [-0.25, -0.2) is 0 Å². The number of halogens is 1. The van der Waals surface area contributed by atoms with E-state index < -0.39 is 6.10 Å². The first-order chi connectivity index (χ1) is 12.0. The van der Waals surface area contributed by atoms with E-state index in [1.54, 1.807) is 19.1 Å². The van der Waals surface area contributed by atoms with Gasteiger partial charge in [0, 0.05) is 36.9 Å². The Morgan fingerprint density at radius 1 is 1.08 bits per heavy atom. The maximum absolute atomic E-state index is 12.7. The predicted octanol–water partition coefficient (Wildman–Crippen LogP) is 3.76. The van der Waals surface area contributed by atoms with Crippen LogP contribution < -0.4 is 9.64 Å². The van der Waals surface area contributed by atoms with E-state index in [0.29, 0.717) is 23.9 Å². The number of piperazine rings is 1. The molecule has 0 N–H and O–H groups in total. The van der Waals surface area contributed by atoms with Crippen LogP contribution in [0.4, 0.5) is 5.69 Å². The first-order valence-corrected chi connectivity index (χ1v) is 8.94. The van der Waals surface area contributed by atoms with Gasteiger partial charge in [-0.2, -0.15) is 0 Å². The zero-order valence-corrected chi connectivity index (χ0v) is 15.4. The van der Waals surface area contributed by atoms with Crippen LogP contribution in [-0.2, 0) is 4.79 Å². The predicted molar refractivity (Wildman–Crippen MR) is 102 cm³/mol. The minimum absolute atomic E-state index is 0.0281. The molecular weight excluding hydrogens is 336 g/mol. The normalized spacial score (nSPS) is 15.8. The zero-order valence-electron chi connectivity index (χ0n) is 14.6. The molecule has 132 valence electrons. The van der Waals surface area contributed by atoms with Crippen molar-refractivity contribution in [2.75, 3.05) is 31.1 Å². The Kier molecular flexibility index (Phi) is 5.49. The van der Waals surface area contributed by atoms with Crippen molar-refractivity contribution >= 4 is 23.2 Å². The Balaban J connectivity index is 1.55. The molecule has 0 aromatic heterocycles. The number of amides is 1. The summed E-state index contributed by atoms with van der Waals surface area (Å²) in [6.45, 7) is 6.81. The van der Waals surface area contributed by atoms with Gasteiger partial charge >= 0.3 is 0 Å². The summed E-state index contributed by atoms with van der Waals surface area (Å²) in [6.07, 6.45) is -0.510. The van der Waals surface area contributed by atoms with Crippen molar-refractivity contribution in [3.05, 3.63) is 59.1 Å². The summed E-state index contributed by atoms with van der Waals surface area (Å²) in [5.74, 6) is 0.700. The SMILES string of the molecule is Cc1cc(O[C@@H](C)C(=O)N2CCN(c3ccccc3)CC2)ccc1Cl. The molecule has 2 aromatic rings. The van der Waals surface area contributed by atoms with E-state index in [1.807, 2.05) is 36.1 Å². The lowest BCUT2D eigenvalue weighted by molar-refractivity contribution is -0.138. The van der Waals surface area contributed by atoms with E-state index >= 15 is 0 Å². The summed E-state index contributed by atoms with van der Waals surface area (Å²) in [5.41, 5.74) is 2.14. The molecule has 1 saturated heterocycles. The third-order valence-corrected chi connectivity index (χ3v) is 4.93. The molecule has 1 aliphatic rings. The van der Waals surface area contributed by atoms with Gasteiger partial charge in [-0.1, -0.05) is 29.8 Å². The van der Waals surface area contributed by atoms with Crippen LogP contribution in [-0.4, -0.2) is 43.1 Å². The first kappa shape index (κ1) is 17.6. The highest BCUT2D eigenvalue weighted by Gasteiger charge is 2.26. The summed E-state index contributed by atoms with van der Waals surface area (Å²) >= 11 is 6.03. The largest absolute Gasteiger partial charge is 0.481 e. The Hall–Kier alpha value is -2.20. The van der Waals surface area contributed by atoms with Crippen LogP contribution in [0, 0.1) is 6.92 Å². The van der Waals surface area contributed by atoms with Crippen molar-refractivity contribution in [3.8, 4) is 5.75 Å². The molecule has 5 heteroatoms. The third kappa shape index (κ3) is 4.26. The van der Waals surface area contributed by atoms with Crippen LogP contribution in [0.3, 0.4) is 0 Å². The van der Waals surface area contributed by atoms with E-state index in [2.05, 4.69) is 17.0 Å². The molecule has 3 rings (SSSR count). The minimum atomic E-state index is -0.510. The molecule has 1 aliphatic heterocycles. The van der Waals surface area contributed by atoms with Crippen molar-refractivity contribution in [2.45, 2.75) is 20.0 Å². The molecule has 0 spiro atoms. The van der Waals surface area contributed by atoms with Gasteiger partial charge in [0.15, 0.2) is 6.10 Å². The van der Waals surface area contributed by atoms with Crippen molar-refractivity contribution in [2.24, 2.45) is 0 Å². The molecule has 0 aliphatic carbocycles. The van der Waals surface area contributed by atoms with Crippen molar-refractivity contribution < 1.29 is 9.53 Å². The topological polar surface area (TPSA) is 32.8 Å². The molecule has 0 unspecified atom stereocenters. The van der Waals surface area contributed by atoms with E-state index in [9.17, 15) is 4.79 Å². The van der Waals surface area contributed by atoms with Gasteiger partial charge < -0.3 is 14.5 Å². The molecule has 1 fully saturated rings. The van der Waals surface area contributed by atoms with Crippen LogP contribution in [0.1, 0.15) is 12.5 Å². The molecule has 0 radical (unpaired) electrons. The highest BCUT2D eigenvalue weighted by molar-refractivity contribution is 6.31. The fourth-order valence-corrected chi connectivity index (χ4v) is 3.14. The van der Waals surface area contributed by atoms with Gasteiger partial charge in [0.05, 0.1) is 0 Å². The fourth-order valence-electron chi connectivity index (χ4n) is 3.03. The highest BCUT2D eigenvalue weighted by Crippen LogP contribution is 2.22. The van der Waals surface area contributed by atoms with Gasteiger partial charge in [0.25, 0.3) is 5.91 Å². The lowest BCUT2D eigenvalue weighted by Crippen LogP contribution is -2.52. The maximum Gasteiger partial charge on any atom is 0.263 e. The standard InChI is InChI=1S/C20H23ClN2O2/c1-15-14-18(8-9-19(15)21)25-16(2)20(24)23-12-10-22(11-13-23)17-6-4-3-5-7-17/h3-9,14,16H,10-13H2,1-2H3/t16-/m0/s1. The van der Waals surface area contributed by atoms with Gasteiger partial charge in [0.2, 0.25) is 0 Å². The highest BCUT2D eigenvalue weighted by atomic mass is 35.5. The molecule has 1 heterocycles. The number of ether oxygens (including phenoxy) is 1. The van der Waals surface area contributed by atoms with E-state index in [-0.39, 0.29) is 5.91 Å². The number of benzene rings is 2. The molecular formula is C20H23ClN2O2. The number of rotatable bonds is 4. The minimum Gasteiger partial charge on any atom is -0.481 e. The number of carbonyl (C=O) groups excluding carboxylic acids is 1. The molecule has 2 aromatic carbocycles. The van der Waals surface area contributed by atoms with Crippen molar-refractivity contribution in [3.63, 3.8) is 0 Å². The summed E-state index contributed by atoms with van der Waals surface area (Å²) < 4.78 is 5.81. The molecule has 1 atom stereocenters. The number of hydrogen-bond donors (Lipinski definition) is 0. The number of hydrogen-bond acceptors (Lipinski definition) is 3. The van der Waals surface area contributed by atoms with Crippen molar-refractivity contribution in [1.82, 2.24) is 4.90 Å². The Morgan fingerprint density at radius 3 is 2.40 bits per heavy atom. The van der Waals surface area contributed by atoms with E-state index in [4.69, 9.17) is 16.3 Å². The molecule has 0 saturated carbocycles. The van der Waals surface area contributed by atoms with Crippen molar-refractivity contribution in [1.29, 1.82) is 0 Å². The fraction of sp³-hybridized carbons (Fsp3) is 0.350. The second-order valence-electron chi connectivity index (χ2n) is 6.32. The number of para-hydroxylation sites is 1. The Bertz CT molecular complexity index is 728. The number of carbonyl (C=O) groups is 1. The summed E-state index contributed by atoms with van der Waals surface area (Å²) in [4.78, 5) is 16.8. The number of anilines is 1. The van der Waals surface area contributed by atoms with Crippen LogP contribution in [0.2, 0.25) is 5.02 Å². The molecule has 1 amide bonds. The van der Waals surface area contributed by atoms with E-state index in [0.717, 1.165) is 18.7 Å². The van der Waals surface area contributed by atoms with Crippen LogP contribution in [0.25, 0.3) is 0 Å². The van der Waals surface area contributed by atoms with Gasteiger partial charge in [0.1, 0.15) is 5.75 Å². The van der Waals surface area contributed by atoms with Crippen LogP contribution in [0.15, 0.2) is 48.5 Å². The van der Waals surface area contributed by atoms with Gasteiger partial charge in [-0.05, 0) is 49.7 Å². The summed E-state index contributed by atoms with van der Waals surface area (Å²) in [7, 11) is 0. The smallest absolute Gasteiger partial charge is 0.263 e. The average Bonchev–Trinajstić information content (AvgIpc) is 2.65. The van der Waals surface area contributed by atoms with Crippen LogP contribution >= 0.6 is 11.6 Å². The molecule has 4 nitrogen and oxygen atoms in total. The number of aryl methyl sites for hydroxylation is 1. The lowest BCUT2D eigenvalue weighted by atomic mass is 10.2. The van der Waals surface area contributed by atoms with Gasteiger partial charge in [-0.15, -0.1) is 0 Å². The monoisotopic (exact) mass is 358 g/mol. The van der Waals surface area contributed by atoms with E-state index in [1.165, 1.54) is 5.69 Å². The second kappa shape index (κ2) is 7.79. The second-order valence-corrected chi connectivity index (χ2v) is 6.73. The van der Waals surface area contributed by atoms with Gasteiger partial charge in [-0.3, -0.25) is 4.79 Å². The first-order valence-electron chi connectivity index (χ1n) is 8.56. The average molecular weight is 359 g/mol. The Morgan fingerprint density at radius 2 is 1.76 bits per heavy atom. The zero-order chi connectivity index (χ0) is 17.8. The lowest BCUT2D eigenvalue weighted by Gasteiger charge is -2.37. The quantitative estimate of drug-likeness (QED) is 0.834. The maximum atomic E-state index is 12.7. The molecule has 25 heavy (non-hydrogen) atoms. The third-order valence-electron chi connectivity index (χ3n) is 4.50. The number of nitrogens with zero attached hydrogens (tertiary/aromatic N) is 2. The summed E-state index contributed by atoms with van der Waals surface area (Å²) in [5, 5.41) is 0.698. The Labute approximate surface area is 154 Å². The summed E-state index contributed by atoms with van der Waals surface area (Å²) in [6, 6.07) is 15.8.